The summed E-state index contributed by atoms with van der Waals surface area (Å²) in [5.41, 5.74) is 4.51. The Balaban J connectivity index is 1.31. The maximum Gasteiger partial charge on any atom is 0.339 e. The van der Waals surface area contributed by atoms with Crippen molar-refractivity contribution in [1.82, 2.24) is 4.98 Å². The van der Waals surface area contributed by atoms with Crippen molar-refractivity contribution < 1.29 is 18.4 Å². The van der Waals surface area contributed by atoms with Crippen molar-refractivity contribution in [2.24, 2.45) is 0 Å². The van der Waals surface area contributed by atoms with Crippen molar-refractivity contribution in [1.29, 1.82) is 0 Å². The Labute approximate surface area is 216 Å². The number of nitrogens with zero attached hydrogens (tertiary/aromatic N) is 1. The number of allylic oxidation sites excluding steroid dienone is 1. The molecule has 0 bridgehead atoms. The molecule has 38 heavy (non-hydrogen) atoms. The zero-order valence-corrected chi connectivity index (χ0v) is 20.3. The first kappa shape index (κ1) is 22.2. The van der Waals surface area contributed by atoms with Crippen LogP contribution in [0.15, 0.2) is 98.8 Å². The maximum absolute atomic E-state index is 13.7. The van der Waals surface area contributed by atoms with Crippen LogP contribution in [0.3, 0.4) is 0 Å². The van der Waals surface area contributed by atoms with Crippen LogP contribution in [0, 0.1) is 0 Å². The minimum absolute atomic E-state index is 0.0601. The molecule has 0 amide bonds. The number of fused-ring (bicyclic) bond motifs is 5. The molecule has 0 unspecified atom stereocenters. The van der Waals surface area contributed by atoms with Gasteiger partial charge in [0.25, 0.3) is 0 Å². The molecule has 0 N–H and O–H groups in total. The molecule has 0 aliphatic heterocycles. The summed E-state index contributed by atoms with van der Waals surface area (Å²) in [6.45, 7) is -0.0601. The lowest BCUT2D eigenvalue weighted by Gasteiger charge is -2.13. The molecule has 3 aromatic carbocycles. The maximum atomic E-state index is 13.7. The summed E-state index contributed by atoms with van der Waals surface area (Å²) in [4.78, 5) is 30.9. The Kier molecular flexibility index (Phi) is 5.18. The molecule has 0 atom stereocenters. The van der Waals surface area contributed by atoms with Gasteiger partial charge < -0.3 is 13.6 Å². The van der Waals surface area contributed by atoms with Crippen LogP contribution in [0.5, 0.6) is 0 Å². The molecule has 184 valence electrons. The van der Waals surface area contributed by atoms with Crippen LogP contribution < -0.4 is 5.63 Å². The monoisotopic (exact) mass is 499 g/mol. The highest BCUT2D eigenvalue weighted by molar-refractivity contribution is 6.08. The molecule has 7 rings (SSSR count). The lowest BCUT2D eigenvalue weighted by atomic mass is 10.0. The molecule has 6 heteroatoms. The number of furan rings is 1. The molecule has 0 radical (unpaired) electrons. The predicted octanol–water partition coefficient (Wildman–Crippen LogP) is 6.93. The molecule has 6 nitrogen and oxygen atoms in total. The molecule has 0 spiro atoms. The fourth-order valence-corrected chi connectivity index (χ4v) is 5.41. The zero-order chi connectivity index (χ0) is 25.6. The summed E-state index contributed by atoms with van der Waals surface area (Å²) in [6, 6.07) is 24.3. The average molecular weight is 500 g/mol. The van der Waals surface area contributed by atoms with Crippen LogP contribution in [-0.4, -0.2) is 11.0 Å². The van der Waals surface area contributed by atoms with Crippen LogP contribution in [-0.2, 0) is 17.8 Å². The highest BCUT2D eigenvalue weighted by Gasteiger charge is 2.28. The van der Waals surface area contributed by atoms with Crippen molar-refractivity contribution in [2.45, 2.75) is 19.4 Å². The van der Waals surface area contributed by atoms with E-state index in [4.69, 9.17) is 18.6 Å². The highest BCUT2D eigenvalue weighted by Crippen LogP contribution is 2.38. The van der Waals surface area contributed by atoms with E-state index in [0.717, 1.165) is 56.1 Å². The third-order valence-corrected chi connectivity index (χ3v) is 7.08. The largest absolute Gasteiger partial charge is 0.465 e. The lowest BCUT2D eigenvalue weighted by Crippen LogP contribution is -2.12. The molecule has 6 aromatic rings. The molecule has 1 aliphatic carbocycles. The van der Waals surface area contributed by atoms with E-state index in [1.807, 2.05) is 72.8 Å². The number of ether oxygens (including phenoxy) is 1. The number of aromatic nitrogens is 1. The number of carbonyl (C=O) groups is 1. The van der Waals surface area contributed by atoms with Gasteiger partial charge in [0.15, 0.2) is 0 Å². The van der Waals surface area contributed by atoms with Crippen molar-refractivity contribution in [3.05, 3.63) is 124 Å². The first-order valence-corrected chi connectivity index (χ1v) is 12.4. The Morgan fingerprint density at radius 2 is 1.79 bits per heavy atom. The average Bonchev–Trinajstić information content (AvgIpc) is 3.60. The van der Waals surface area contributed by atoms with Gasteiger partial charge >= 0.3 is 11.6 Å². The van der Waals surface area contributed by atoms with Crippen LogP contribution in [0.25, 0.3) is 44.3 Å². The van der Waals surface area contributed by atoms with Gasteiger partial charge in [0, 0.05) is 22.4 Å². The summed E-state index contributed by atoms with van der Waals surface area (Å²) >= 11 is 0. The van der Waals surface area contributed by atoms with Gasteiger partial charge in [-0.2, -0.15) is 0 Å². The van der Waals surface area contributed by atoms with Gasteiger partial charge in [0.05, 0.1) is 23.0 Å². The number of para-hydroxylation sites is 1. The summed E-state index contributed by atoms with van der Waals surface area (Å²) in [5, 5.41) is 3.46. The number of carbonyl (C=O) groups excluding carboxylic acids is 1. The highest BCUT2D eigenvalue weighted by atomic mass is 16.5. The Morgan fingerprint density at radius 3 is 2.66 bits per heavy atom. The molecule has 0 saturated heterocycles. The van der Waals surface area contributed by atoms with Gasteiger partial charge in [-0.3, -0.25) is 0 Å². The van der Waals surface area contributed by atoms with Crippen LogP contribution in [0.2, 0.25) is 0 Å². The van der Waals surface area contributed by atoms with E-state index in [-0.39, 0.29) is 6.61 Å². The van der Waals surface area contributed by atoms with Gasteiger partial charge in [-0.15, -0.1) is 0 Å². The third kappa shape index (κ3) is 3.69. The number of pyridine rings is 1. The second-order valence-corrected chi connectivity index (χ2v) is 9.34. The number of benzene rings is 3. The smallest absolute Gasteiger partial charge is 0.339 e. The molecule has 0 fully saturated rings. The van der Waals surface area contributed by atoms with E-state index in [0.29, 0.717) is 23.1 Å². The first-order valence-electron chi connectivity index (χ1n) is 12.4. The Morgan fingerprint density at radius 1 is 0.947 bits per heavy atom. The van der Waals surface area contributed by atoms with Crippen LogP contribution in [0.4, 0.5) is 0 Å². The van der Waals surface area contributed by atoms with Gasteiger partial charge in [-0.25, -0.2) is 14.6 Å². The number of hydrogen-bond acceptors (Lipinski definition) is 6. The fourth-order valence-electron chi connectivity index (χ4n) is 5.41. The van der Waals surface area contributed by atoms with Gasteiger partial charge in [0.2, 0.25) is 0 Å². The summed E-state index contributed by atoms with van der Waals surface area (Å²) in [5.74, 6) is 0.301. The molecular formula is C32H21NO5. The van der Waals surface area contributed by atoms with Crippen molar-refractivity contribution in [3.63, 3.8) is 0 Å². The standard InChI is InChI=1S/C32H21NO5/c34-28-17-21(29-23-8-2-1-6-19(23)12-14-27(29)38-28)18-37-32(35)30-24-9-3-4-10-26(24)33-31-20(11-13-25(30)31)16-22-7-5-15-36-22/h1-10,12,14-17H,11,13,18H2. The molecule has 0 saturated carbocycles. The van der Waals surface area contributed by atoms with E-state index in [1.165, 1.54) is 6.07 Å². The normalized spacial score (nSPS) is 13.9. The summed E-state index contributed by atoms with van der Waals surface area (Å²) in [7, 11) is 0. The SMILES string of the molecule is O=C(OCc1cc(=O)oc2ccc3ccccc3c12)c1c2c(nc3ccccc13)C(=Cc1ccco1)CC2. The van der Waals surface area contributed by atoms with Crippen molar-refractivity contribution in [2.75, 3.05) is 0 Å². The Bertz CT molecular complexity index is 1960. The topological polar surface area (TPSA) is 82.5 Å². The minimum atomic E-state index is -0.484. The second kappa shape index (κ2) is 8.85. The molecule has 3 heterocycles. The summed E-state index contributed by atoms with van der Waals surface area (Å²) < 4.78 is 16.9. The van der Waals surface area contributed by atoms with Crippen LogP contribution in [0.1, 0.15) is 39.4 Å². The van der Waals surface area contributed by atoms with E-state index in [2.05, 4.69) is 0 Å². The first-order chi connectivity index (χ1) is 18.7. The fraction of sp³-hybridized carbons (Fsp3) is 0.0938. The van der Waals surface area contributed by atoms with Gasteiger partial charge in [-0.05, 0) is 65.1 Å². The number of rotatable bonds is 4. The summed E-state index contributed by atoms with van der Waals surface area (Å²) in [6.07, 6.45) is 5.03. The number of esters is 1. The zero-order valence-electron chi connectivity index (χ0n) is 20.3. The molecule has 3 aromatic heterocycles. The van der Waals surface area contributed by atoms with Crippen LogP contribution >= 0.6 is 0 Å². The van der Waals surface area contributed by atoms with E-state index in [1.54, 1.807) is 12.3 Å². The second-order valence-electron chi connectivity index (χ2n) is 9.34. The third-order valence-electron chi connectivity index (χ3n) is 7.08. The molecule has 1 aliphatic rings. The van der Waals surface area contributed by atoms with Crippen molar-refractivity contribution in [3.8, 4) is 0 Å². The van der Waals surface area contributed by atoms with E-state index < -0.39 is 11.6 Å². The van der Waals surface area contributed by atoms with E-state index >= 15 is 0 Å². The predicted molar refractivity (Wildman–Crippen MR) is 146 cm³/mol. The quantitative estimate of drug-likeness (QED) is 0.149. The van der Waals surface area contributed by atoms with Gasteiger partial charge in [0.1, 0.15) is 18.0 Å². The van der Waals surface area contributed by atoms with E-state index in [9.17, 15) is 9.59 Å². The van der Waals surface area contributed by atoms with Gasteiger partial charge in [-0.1, -0.05) is 48.5 Å². The molecular weight excluding hydrogens is 478 g/mol. The Hall–Kier alpha value is -4.97. The van der Waals surface area contributed by atoms with Crippen molar-refractivity contribution >= 4 is 50.3 Å². The lowest BCUT2D eigenvalue weighted by molar-refractivity contribution is 0.0475. The minimum Gasteiger partial charge on any atom is -0.465 e. The number of hydrogen-bond donors (Lipinski definition) is 0.